The lowest BCUT2D eigenvalue weighted by molar-refractivity contribution is 1.56. The maximum Gasteiger partial charge on any atom is 0.0853 e. The second-order valence-electron chi connectivity index (χ2n) is 2.64. The van der Waals surface area contributed by atoms with Crippen LogP contribution < -0.4 is 0 Å². The number of rotatable bonds is 0. The molecule has 0 nitrogen and oxygen atoms in total. The maximum atomic E-state index is 3.55. The number of hydrogen-bond acceptors (Lipinski definition) is 1. The lowest BCUT2D eigenvalue weighted by Crippen LogP contribution is -1.69. The van der Waals surface area contributed by atoms with Crippen LogP contribution in [0.4, 0.5) is 0 Å². The molecule has 1 aromatic carbocycles. The predicted molar refractivity (Wildman–Crippen MR) is 62.0 cm³/mol. The highest BCUT2D eigenvalue weighted by Gasteiger charge is 2.07. The van der Waals surface area contributed by atoms with Crippen molar-refractivity contribution in [2.45, 2.75) is 6.92 Å². The Balaban J connectivity index is 2.95. The van der Waals surface area contributed by atoms with Crippen LogP contribution in [0.1, 0.15) is 5.56 Å². The smallest absolute Gasteiger partial charge is 0.0853 e. The van der Waals surface area contributed by atoms with Gasteiger partial charge in [-0.05, 0) is 44.3 Å². The van der Waals surface area contributed by atoms with Crippen LogP contribution in [-0.4, -0.2) is 0 Å². The van der Waals surface area contributed by atoms with E-state index in [1.807, 2.05) is 0 Å². The molecular weight excluding hydrogens is 300 g/mol. The first-order chi connectivity index (χ1) is 5.70. The van der Waals surface area contributed by atoms with Gasteiger partial charge in [-0.3, -0.25) is 0 Å². The zero-order valence-corrected chi connectivity index (χ0v) is 10.4. The molecule has 0 radical (unpaired) electrons. The molecule has 3 heteroatoms. The average Bonchev–Trinajstić information content (AvgIpc) is 2.32. The average molecular weight is 306 g/mol. The van der Waals surface area contributed by atoms with E-state index >= 15 is 0 Å². The van der Waals surface area contributed by atoms with Gasteiger partial charge in [-0.2, -0.15) is 0 Å². The topological polar surface area (TPSA) is 0 Å². The number of hydrogen-bond donors (Lipinski definition) is 0. The van der Waals surface area contributed by atoms with Crippen molar-refractivity contribution in [3.63, 3.8) is 0 Å². The highest BCUT2D eigenvalue weighted by atomic mass is 79.9. The lowest BCUT2D eigenvalue weighted by atomic mass is 10.2. The van der Waals surface area contributed by atoms with Crippen LogP contribution in [0.5, 0.6) is 0 Å². The van der Waals surface area contributed by atoms with Gasteiger partial charge in [-0.25, -0.2) is 0 Å². The summed E-state index contributed by atoms with van der Waals surface area (Å²) in [6, 6.07) is 6.35. The number of thiophene rings is 1. The molecule has 0 aliphatic carbocycles. The largest absolute Gasteiger partial charge is 0.127 e. The maximum absolute atomic E-state index is 3.55. The van der Waals surface area contributed by atoms with Gasteiger partial charge < -0.3 is 0 Å². The summed E-state index contributed by atoms with van der Waals surface area (Å²) < 4.78 is 3.70. The number of aryl methyl sites for hydroxylation is 1. The van der Waals surface area contributed by atoms with Gasteiger partial charge >= 0.3 is 0 Å². The zero-order valence-electron chi connectivity index (χ0n) is 6.40. The van der Waals surface area contributed by atoms with Crippen LogP contribution in [0.3, 0.4) is 0 Å². The minimum absolute atomic E-state index is 1.17. The highest BCUT2D eigenvalue weighted by Crippen LogP contribution is 2.40. The van der Waals surface area contributed by atoms with Gasteiger partial charge in [0.25, 0.3) is 0 Å². The van der Waals surface area contributed by atoms with E-state index in [1.165, 1.54) is 23.9 Å². The molecule has 0 bridgehead atoms. The Bertz CT molecular complexity index is 431. The van der Waals surface area contributed by atoms with Crippen molar-refractivity contribution in [3.8, 4) is 0 Å². The summed E-state index contributed by atoms with van der Waals surface area (Å²) in [5.41, 5.74) is 1.34. The molecule has 0 atom stereocenters. The monoisotopic (exact) mass is 304 g/mol. The van der Waals surface area contributed by atoms with Gasteiger partial charge in [0.1, 0.15) is 0 Å². The molecule has 2 aromatic rings. The number of benzene rings is 1. The standard InChI is InChI=1S/C9H6Br2S/c1-5-3-2-4-6-7(10)9(11)12-8(5)6/h2-4H,1H3. The molecule has 1 aromatic heterocycles. The van der Waals surface area contributed by atoms with Gasteiger partial charge in [0.05, 0.1) is 8.26 Å². The molecule has 0 N–H and O–H groups in total. The lowest BCUT2D eigenvalue weighted by Gasteiger charge is -1.93. The number of fused-ring (bicyclic) bond motifs is 1. The van der Waals surface area contributed by atoms with Crippen LogP contribution in [0.15, 0.2) is 26.5 Å². The molecule has 0 saturated heterocycles. The first-order valence-corrected chi connectivity index (χ1v) is 5.93. The van der Waals surface area contributed by atoms with Crippen molar-refractivity contribution >= 4 is 53.3 Å². The molecular formula is C9H6Br2S. The fraction of sp³-hybridized carbons (Fsp3) is 0.111. The second-order valence-corrected chi connectivity index (χ2v) is 5.77. The molecule has 0 aliphatic heterocycles. The third-order valence-electron chi connectivity index (χ3n) is 1.81. The molecule has 1 heterocycles. The van der Waals surface area contributed by atoms with Crippen molar-refractivity contribution in [2.24, 2.45) is 0 Å². The summed E-state index contributed by atoms with van der Waals surface area (Å²) in [6.07, 6.45) is 0. The van der Waals surface area contributed by atoms with Crippen molar-refractivity contribution in [2.75, 3.05) is 0 Å². The van der Waals surface area contributed by atoms with Gasteiger partial charge in [0.2, 0.25) is 0 Å². The molecule has 2 rings (SSSR count). The van der Waals surface area contributed by atoms with Gasteiger partial charge in [0.15, 0.2) is 0 Å². The van der Waals surface area contributed by atoms with Crippen LogP contribution in [0.25, 0.3) is 10.1 Å². The minimum Gasteiger partial charge on any atom is -0.127 e. The van der Waals surface area contributed by atoms with Gasteiger partial charge in [0, 0.05) is 10.1 Å². The van der Waals surface area contributed by atoms with E-state index in [4.69, 9.17) is 0 Å². The van der Waals surface area contributed by atoms with Gasteiger partial charge in [-0.1, -0.05) is 18.2 Å². The Kier molecular flexibility index (Phi) is 2.27. The summed E-state index contributed by atoms with van der Waals surface area (Å²) >= 11 is 8.84. The summed E-state index contributed by atoms with van der Waals surface area (Å²) in [5, 5.41) is 1.30. The van der Waals surface area contributed by atoms with E-state index in [0.717, 1.165) is 0 Å². The Morgan fingerprint density at radius 2 is 2.00 bits per heavy atom. The SMILES string of the molecule is Cc1cccc2c(Br)c(Br)sc12. The summed E-state index contributed by atoms with van der Waals surface area (Å²) in [6.45, 7) is 2.14. The van der Waals surface area contributed by atoms with E-state index in [-0.39, 0.29) is 0 Å². The van der Waals surface area contributed by atoms with Crippen molar-refractivity contribution in [1.82, 2.24) is 0 Å². The second kappa shape index (κ2) is 3.13. The molecule has 0 spiro atoms. The van der Waals surface area contributed by atoms with Crippen molar-refractivity contribution in [1.29, 1.82) is 0 Å². The molecule has 0 saturated carbocycles. The third-order valence-corrected chi connectivity index (χ3v) is 5.44. The quantitative estimate of drug-likeness (QED) is 0.660. The fourth-order valence-electron chi connectivity index (χ4n) is 1.20. The molecule has 0 amide bonds. The Hall–Kier alpha value is 0.140. The van der Waals surface area contributed by atoms with E-state index < -0.39 is 0 Å². The Labute approximate surface area is 91.9 Å². The Morgan fingerprint density at radius 3 is 2.67 bits per heavy atom. The van der Waals surface area contributed by atoms with E-state index in [0.29, 0.717) is 0 Å². The normalized spacial score (nSPS) is 10.9. The zero-order chi connectivity index (χ0) is 8.72. The number of halogens is 2. The molecule has 12 heavy (non-hydrogen) atoms. The summed E-state index contributed by atoms with van der Waals surface area (Å²) in [4.78, 5) is 0. The van der Waals surface area contributed by atoms with Crippen molar-refractivity contribution in [3.05, 3.63) is 32.0 Å². The van der Waals surface area contributed by atoms with Crippen LogP contribution in [0, 0.1) is 6.92 Å². The third kappa shape index (κ3) is 1.24. The van der Waals surface area contributed by atoms with E-state index in [2.05, 4.69) is 57.0 Å². The van der Waals surface area contributed by atoms with Crippen LogP contribution >= 0.6 is 43.2 Å². The highest BCUT2D eigenvalue weighted by molar-refractivity contribution is 9.13. The molecule has 62 valence electrons. The van der Waals surface area contributed by atoms with E-state index in [9.17, 15) is 0 Å². The Morgan fingerprint density at radius 1 is 1.25 bits per heavy atom. The fourth-order valence-corrected chi connectivity index (χ4v) is 3.49. The molecule has 0 fully saturated rings. The van der Waals surface area contributed by atoms with E-state index in [1.54, 1.807) is 11.3 Å². The minimum atomic E-state index is 1.17. The first-order valence-electron chi connectivity index (χ1n) is 3.53. The molecule has 0 aliphatic rings. The van der Waals surface area contributed by atoms with Gasteiger partial charge in [-0.15, -0.1) is 11.3 Å². The summed E-state index contributed by atoms with van der Waals surface area (Å²) in [7, 11) is 0. The predicted octanol–water partition coefficient (Wildman–Crippen LogP) is 4.73. The summed E-state index contributed by atoms with van der Waals surface area (Å²) in [5.74, 6) is 0. The van der Waals surface area contributed by atoms with Crippen molar-refractivity contribution < 1.29 is 0 Å². The van der Waals surface area contributed by atoms with Crippen LogP contribution in [-0.2, 0) is 0 Å². The molecule has 0 unspecified atom stereocenters. The first kappa shape index (κ1) is 8.73. The van der Waals surface area contributed by atoms with Crippen LogP contribution in [0.2, 0.25) is 0 Å².